The van der Waals surface area contributed by atoms with E-state index in [1.807, 2.05) is 20.8 Å². The van der Waals surface area contributed by atoms with E-state index in [1.54, 1.807) is 6.07 Å². The van der Waals surface area contributed by atoms with Gasteiger partial charge in [-0.15, -0.1) is 0 Å². The van der Waals surface area contributed by atoms with Crippen molar-refractivity contribution in [1.29, 1.82) is 0 Å². The Labute approximate surface area is 100 Å². The van der Waals surface area contributed by atoms with Crippen LogP contribution in [0.2, 0.25) is 0 Å². The SMILES string of the molecule is [B]c1cc2c(C)nc(N)nc2n(C(C)C)c1=O. The van der Waals surface area contributed by atoms with Gasteiger partial charge in [-0.25, -0.2) is 4.98 Å². The molecule has 6 heteroatoms. The highest BCUT2D eigenvalue weighted by Gasteiger charge is 2.13. The average molecular weight is 228 g/mol. The van der Waals surface area contributed by atoms with Crippen LogP contribution in [0.3, 0.4) is 0 Å². The minimum atomic E-state index is -0.245. The first-order valence-electron chi connectivity index (χ1n) is 5.36. The molecule has 0 aliphatic rings. The van der Waals surface area contributed by atoms with E-state index in [2.05, 4.69) is 9.97 Å². The summed E-state index contributed by atoms with van der Waals surface area (Å²) in [6, 6.07) is 1.56. The summed E-state index contributed by atoms with van der Waals surface area (Å²) < 4.78 is 1.54. The number of aryl methyl sites for hydroxylation is 1. The first-order chi connectivity index (χ1) is 7.91. The van der Waals surface area contributed by atoms with Crippen molar-refractivity contribution in [2.24, 2.45) is 0 Å². The largest absolute Gasteiger partial charge is 0.368 e. The molecule has 0 bridgehead atoms. The van der Waals surface area contributed by atoms with Crippen LogP contribution in [-0.2, 0) is 0 Å². The van der Waals surface area contributed by atoms with Crippen LogP contribution in [-0.4, -0.2) is 22.4 Å². The van der Waals surface area contributed by atoms with Crippen molar-refractivity contribution in [3.05, 3.63) is 22.1 Å². The molecule has 0 amide bonds. The second kappa shape index (κ2) is 3.87. The number of nitrogens with two attached hydrogens (primary N) is 1. The Balaban J connectivity index is 3.03. The van der Waals surface area contributed by atoms with Gasteiger partial charge in [0.15, 0.2) is 0 Å². The first-order valence-corrected chi connectivity index (χ1v) is 5.36. The lowest BCUT2D eigenvalue weighted by molar-refractivity contribution is 0.597. The van der Waals surface area contributed by atoms with Crippen LogP contribution in [0, 0.1) is 6.92 Å². The fourth-order valence-corrected chi connectivity index (χ4v) is 1.87. The Kier molecular flexibility index (Phi) is 2.65. The number of fused-ring (bicyclic) bond motifs is 1. The molecule has 2 heterocycles. The number of nitrogens with zero attached hydrogens (tertiary/aromatic N) is 3. The smallest absolute Gasteiger partial charge is 0.245 e. The zero-order valence-corrected chi connectivity index (χ0v) is 10.1. The van der Waals surface area contributed by atoms with Crippen LogP contribution < -0.4 is 16.8 Å². The van der Waals surface area contributed by atoms with Crippen molar-refractivity contribution < 1.29 is 0 Å². The Bertz CT molecular complexity index is 648. The lowest BCUT2D eigenvalue weighted by Gasteiger charge is -2.15. The molecule has 2 radical (unpaired) electrons. The number of aromatic nitrogens is 3. The van der Waals surface area contributed by atoms with Crippen LogP contribution in [0.4, 0.5) is 5.95 Å². The zero-order chi connectivity index (χ0) is 12.7. The third kappa shape index (κ3) is 1.79. The second-order valence-electron chi connectivity index (χ2n) is 4.27. The van der Waals surface area contributed by atoms with Gasteiger partial charge in [0.05, 0.1) is 5.69 Å². The number of nitrogen functional groups attached to an aromatic ring is 1. The average Bonchev–Trinajstić information content (AvgIpc) is 2.20. The summed E-state index contributed by atoms with van der Waals surface area (Å²) in [5.41, 5.74) is 6.81. The minimum absolute atomic E-state index is 0.0396. The van der Waals surface area contributed by atoms with Crippen LogP contribution in [0.25, 0.3) is 11.0 Å². The van der Waals surface area contributed by atoms with Crippen molar-refractivity contribution in [2.45, 2.75) is 26.8 Å². The fraction of sp³-hybridized carbons (Fsp3) is 0.364. The maximum atomic E-state index is 12.0. The predicted molar refractivity (Wildman–Crippen MR) is 68.7 cm³/mol. The molecule has 0 atom stereocenters. The van der Waals surface area contributed by atoms with Crippen molar-refractivity contribution in [2.75, 3.05) is 5.73 Å². The molecule has 0 saturated heterocycles. The molecule has 2 aromatic rings. The highest BCUT2D eigenvalue weighted by atomic mass is 16.1. The molecular weight excluding hydrogens is 215 g/mol. The van der Waals surface area contributed by atoms with Crippen LogP contribution in [0.15, 0.2) is 10.9 Å². The van der Waals surface area contributed by atoms with E-state index in [9.17, 15) is 4.79 Å². The fourth-order valence-electron chi connectivity index (χ4n) is 1.87. The molecule has 2 aromatic heterocycles. The number of rotatable bonds is 1. The quantitative estimate of drug-likeness (QED) is 0.700. The summed E-state index contributed by atoms with van der Waals surface area (Å²) in [7, 11) is 5.71. The number of anilines is 1. The van der Waals surface area contributed by atoms with Gasteiger partial charge in [0, 0.05) is 11.4 Å². The topological polar surface area (TPSA) is 73.8 Å². The van der Waals surface area contributed by atoms with Crippen LogP contribution in [0.1, 0.15) is 25.6 Å². The monoisotopic (exact) mass is 228 g/mol. The molecule has 17 heavy (non-hydrogen) atoms. The van der Waals surface area contributed by atoms with E-state index in [4.69, 9.17) is 13.6 Å². The molecule has 2 N–H and O–H groups in total. The molecule has 0 fully saturated rings. The Morgan fingerprint density at radius 3 is 2.65 bits per heavy atom. The molecule has 5 nitrogen and oxygen atoms in total. The summed E-state index contributed by atoms with van der Waals surface area (Å²) in [6.45, 7) is 5.61. The highest BCUT2D eigenvalue weighted by Crippen LogP contribution is 2.16. The van der Waals surface area contributed by atoms with E-state index in [0.717, 1.165) is 5.39 Å². The zero-order valence-electron chi connectivity index (χ0n) is 10.1. The molecule has 0 aromatic carbocycles. The summed E-state index contributed by atoms with van der Waals surface area (Å²) >= 11 is 0. The molecule has 0 aliphatic carbocycles. The molecule has 0 aliphatic heterocycles. The third-order valence-electron chi connectivity index (χ3n) is 2.64. The van der Waals surface area contributed by atoms with Crippen LogP contribution >= 0.6 is 0 Å². The van der Waals surface area contributed by atoms with Crippen molar-refractivity contribution in [3.8, 4) is 0 Å². The molecule has 0 spiro atoms. The van der Waals surface area contributed by atoms with Crippen LogP contribution in [0.5, 0.6) is 0 Å². The molecular formula is C11H13BN4O. The van der Waals surface area contributed by atoms with Crippen molar-refractivity contribution in [3.63, 3.8) is 0 Å². The Morgan fingerprint density at radius 2 is 2.06 bits per heavy atom. The van der Waals surface area contributed by atoms with Gasteiger partial charge in [-0.3, -0.25) is 9.36 Å². The van der Waals surface area contributed by atoms with Crippen molar-refractivity contribution in [1.82, 2.24) is 14.5 Å². The number of hydrogen-bond acceptors (Lipinski definition) is 4. The maximum absolute atomic E-state index is 12.0. The lowest BCUT2D eigenvalue weighted by Crippen LogP contribution is -2.36. The number of hydrogen-bond donors (Lipinski definition) is 1. The van der Waals surface area contributed by atoms with E-state index in [-0.39, 0.29) is 23.0 Å². The van der Waals surface area contributed by atoms with Gasteiger partial charge < -0.3 is 5.73 Å². The van der Waals surface area contributed by atoms with E-state index in [1.165, 1.54) is 4.57 Å². The molecule has 0 unspecified atom stereocenters. The molecule has 86 valence electrons. The number of pyridine rings is 1. The van der Waals surface area contributed by atoms with Crippen molar-refractivity contribution >= 4 is 30.3 Å². The van der Waals surface area contributed by atoms with E-state index < -0.39 is 0 Å². The van der Waals surface area contributed by atoms with Gasteiger partial charge in [-0.05, 0) is 26.2 Å². The Morgan fingerprint density at radius 1 is 1.41 bits per heavy atom. The first kappa shape index (κ1) is 11.6. The third-order valence-corrected chi connectivity index (χ3v) is 2.64. The predicted octanol–water partition coefficient (Wildman–Crippen LogP) is 0.0568. The van der Waals surface area contributed by atoms with Gasteiger partial charge in [0.25, 0.3) is 0 Å². The lowest BCUT2D eigenvalue weighted by atomic mass is 9.96. The van der Waals surface area contributed by atoms with Gasteiger partial charge in [0.1, 0.15) is 13.5 Å². The van der Waals surface area contributed by atoms with Gasteiger partial charge in [-0.2, -0.15) is 4.98 Å². The normalized spacial score (nSPS) is 11.3. The van der Waals surface area contributed by atoms with Gasteiger partial charge >= 0.3 is 0 Å². The standard InChI is InChI=1S/C11H13BN4O/c1-5(2)16-9-7(4-8(12)10(16)17)6(3)14-11(13)15-9/h4-5H,1-3H3,(H2,13,14,15). The minimum Gasteiger partial charge on any atom is -0.368 e. The molecule has 2 rings (SSSR count). The second-order valence-corrected chi connectivity index (χ2v) is 4.27. The summed E-state index contributed by atoms with van der Waals surface area (Å²) in [5.74, 6) is 0.161. The Hall–Kier alpha value is -1.85. The highest BCUT2D eigenvalue weighted by molar-refractivity contribution is 6.32. The van der Waals surface area contributed by atoms with Gasteiger partial charge in [-0.1, -0.05) is 6.07 Å². The summed E-state index contributed by atoms with van der Waals surface area (Å²) in [4.78, 5) is 20.2. The van der Waals surface area contributed by atoms with E-state index in [0.29, 0.717) is 11.3 Å². The van der Waals surface area contributed by atoms with E-state index >= 15 is 0 Å². The summed E-state index contributed by atoms with van der Waals surface area (Å²) in [6.07, 6.45) is 0. The molecule has 0 saturated carbocycles. The summed E-state index contributed by atoms with van der Waals surface area (Å²) in [5, 5.41) is 0.755. The van der Waals surface area contributed by atoms with Gasteiger partial charge in [0.2, 0.25) is 11.5 Å². The maximum Gasteiger partial charge on any atom is 0.245 e.